The summed E-state index contributed by atoms with van der Waals surface area (Å²) in [4.78, 5) is 9.71. The van der Waals surface area contributed by atoms with Crippen molar-refractivity contribution in [2.24, 2.45) is 0 Å². The van der Waals surface area contributed by atoms with E-state index in [9.17, 15) is 0 Å². The summed E-state index contributed by atoms with van der Waals surface area (Å²) in [7, 11) is 0. The minimum Gasteiger partial charge on any atom is -0.383 e. The number of nitrogen functional groups attached to an aromatic ring is 1. The molecule has 0 spiro atoms. The number of rotatable bonds is 1. The molecule has 0 amide bonds. The highest BCUT2D eigenvalue weighted by Crippen LogP contribution is 2.28. The van der Waals surface area contributed by atoms with Gasteiger partial charge in [-0.2, -0.15) is 0 Å². The van der Waals surface area contributed by atoms with E-state index in [4.69, 9.17) is 5.73 Å². The summed E-state index contributed by atoms with van der Waals surface area (Å²) in [6, 6.07) is 1.99. The van der Waals surface area contributed by atoms with Crippen LogP contribution in [0.3, 0.4) is 0 Å². The third-order valence-electron chi connectivity index (χ3n) is 2.21. The summed E-state index contributed by atoms with van der Waals surface area (Å²) in [6.45, 7) is 3.87. The maximum atomic E-state index is 5.81. The van der Waals surface area contributed by atoms with Crippen molar-refractivity contribution in [2.45, 2.75) is 13.8 Å². The van der Waals surface area contributed by atoms with E-state index in [1.807, 2.05) is 25.3 Å². The lowest BCUT2D eigenvalue weighted by atomic mass is 10.2. The number of anilines is 1. The average Bonchev–Trinajstić information content (AvgIpc) is 2.60. The van der Waals surface area contributed by atoms with Gasteiger partial charge < -0.3 is 5.73 Å². The molecule has 0 bridgehead atoms. The summed E-state index contributed by atoms with van der Waals surface area (Å²) in [5, 5.41) is 2.00. The molecular formula is C10H10BrN3S. The molecule has 2 heterocycles. The van der Waals surface area contributed by atoms with E-state index in [0.717, 1.165) is 20.6 Å². The maximum Gasteiger partial charge on any atom is 0.171 e. The summed E-state index contributed by atoms with van der Waals surface area (Å²) in [5.74, 6) is 1.26. The first kappa shape index (κ1) is 10.6. The summed E-state index contributed by atoms with van der Waals surface area (Å²) < 4.78 is 1.04. The molecule has 5 heteroatoms. The van der Waals surface area contributed by atoms with Crippen LogP contribution in [-0.4, -0.2) is 9.97 Å². The lowest BCUT2D eigenvalue weighted by Crippen LogP contribution is -2.01. The molecule has 0 fully saturated rings. The molecule has 0 radical (unpaired) electrons. The van der Waals surface area contributed by atoms with Gasteiger partial charge in [0.15, 0.2) is 5.82 Å². The molecule has 2 aromatic rings. The number of thiophene rings is 1. The van der Waals surface area contributed by atoms with Crippen LogP contribution in [-0.2, 0) is 0 Å². The van der Waals surface area contributed by atoms with Gasteiger partial charge in [-0.1, -0.05) is 0 Å². The highest BCUT2D eigenvalue weighted by Gasteiger charge is 2.08. The van der Waals surface area contributed by atoms with E-state index in [1.54, 1.807) is 11.3 Å². The van der Waals surface area contributed by atoms with Crippen LogP contribution in [0.5, 0.6) is 0 Å². The third kappa shape index (κ3) is 2.03. The molecule has 0 saturated heterocycles. The number of nitrogens with zero attached hydrogens (tertiary/aromatic N) is 2. The Kier molecular flexibility index (Phi) is 2.75. The molecule has 3 nitrogen and oxygen atoms in total. The zero-order valence-corrected chi connectivity index (χ0v) is 10.8. The molecular weight excluding hydrogens is 274 g/mol. The predicted octanol–water partition coefficient (Wildman–Crippen LogP) is 3.17. The molecule has 0 unspecified atom stereocenters. The minimum atomic E-state index is 0.557. The van der Waals surface area contributed by atoms with Crippen LogP contribution in [0.2, 0.25) is 0 Å². The predicted molar refractivity (Wildman–Crippen MR) is 66.9 cm³/mol. The van der Waals surface area contributed by atoms with Gasteiger partial charge >= 0.3 is 0 Å². The Morgan fingerprint density at radius 1 is 1.33 bits per heavy atom. The summed E-state index contributed by atoms with van der Waals surface area (Å²) >= 11 is 5.00. The zero-order chi connectivity index (χ0) is 11.0. The number of nitrogens with two attached hydrogens (primary N) is 1. The molecule has 2 N–H and O–H groups in total. The second kappa shape index (κ2) is 3.90. The molecule has 0 saturated carbocycles. The van der Waals surface area contributed by atoms with Gasteiger partial charge in [-0.3, -0.25) is 0 Å². The maximum absolute atomic E-state index is 5.81. The van der Waals surface area contributed by atoms with E-state index < -0.39 is 0 Å². The van der Waals surface area contributed by atoms with Gasteiger partial charge in [0, 0.05) is 21.1 Å². The zero-order valence-electron chi connectivity index (χ0n) is 8.41. The fourth-order valence-electron chi connectivity index (χ4n) is 1.19. The van der Waals surface area contributed by atoms with Crippen molar-refractivity contribution in [2.75, 3.05) is 5.73 Å². The number of aryl methyl sites for hydroxylation is 1. The van der Waals surface area contributed by atoms with E-state index in [1.165, 1.54) is 0 Å². The van der Waals surface area contributed by atoms with Crippen molar-refractivity contribution in [3.8, 4) is 10.7 Å². The van der Waals surface area contributed by atoms with Gasteiger partial charge in [0.05, 0.1) is 4.88 Å². The second-order valence-electron chi connectivity index (χ2n) is 3.27. The Hall–Kier alpha value is -0.940. The average molecular weight is 284 g/mol. The quantitative estimate of drug-likeness (QED) is 0.875. The van der Waals surface area contributed by atoms with Crippen LogP contribution in [0, 0.1) is 13.8 Å². The molecule has 0 atom stereocenters. The first-order valence-electron chi connectivity index (χ1n) is 4.43. The third-order valence-corrected chi connectivity index (χ3v) is 3.90. The normalized spacial score (nSPS) is 10.6. The van der Waals surface area contributed by atoms with E-state index in [2.05, 4.69) is 25.9 Å². The van der Waals surface area contributed by atoms with Crippen LogP contribution in [0.15, 0.2) is 15.9 Å². The summed E-state index contributed by atoms with van der Waals surface area (Å²) in [6.07, 6.45) is 0. The number of hydrogen-bond donors (Lipinski definition) is 1. The van der Waals surface area contributed by atoms with Gasteiger partial charge in [0.1, 0.15) is 5.82 Å². The smallest absolute Gasteiger partial charge is 0.171 e. The van der Waals surface area contributed by atoms with Gasteiger partial charge in [-0.15, -0.1) is 11.3 Å². The van der Waals surface area contributed by atoms with Crippen molar-refractivity contribution in [3.63, 3.8) is 0 Å². The van der Waals surface area contributed by atoms with Crippen LogP contribution < -0.4 is 5.73 Å². The molecule has 0 aliphatic carbocycles. The van der Waals surface area contributed by atoms with Crippen LogP contribution in [0.4, 0.5) is 5.82 Å². The highest BCUT2D eigenvalue weighted by atomic mass is 79.9. The largest absolute Gasteiger partial charge is 0.383 e. The van der Waals surface area contributed by atoms with E-state index in [-0.39, 0.29) is 0 Å². The number of hydrogen-bond acceptors (Lipinski definition) is 4. The lowest BCUT2D eigenvalue weighted by molar-refractivity contribution is 1.08. The first-order chi connectivity index (χ1) is 7.08. The van der Waals surface area contributed by atoms with Crippen LogP contribution >= 0.6 is 27.3 Å². The Balaban J connectivity index is 2.55. The van der Waals surface area contributed by atoms with Crippen LogP contribution in [0.1, 0.15) is 11.3 Å². The molecule has 15 heavy (non-hydrogen) atoms. The molecule has 0 aliphatic heterocycles. The van der Waals surface area contributed by atoms with E-state index in [0.29, 0.717) is 11.6 Å². The van der Waals surface area contributed by atoms with Crippen molar-refractivity contribution in [3.05, 3.63) is 27.2 Å². The summed E-state index contributed by atoms with van der Waals surface area (Å²) in [5.41, 5.74) is 7.69. The standard InChI is InChI=1S/C10H10BrN3S/c1-5-6(2)13-10(14-9(5)12)8-3-7(11)4-15-8/h3-4H,1-2H3,(H2,12,13,14). The SMILES string of the molecule is Cc1nc(-c2cc(Br)cs2)nc(N)c1C. The minimum absolute atomic E-state index is 0.557. The van der Waals surface area contributed by atoms with Gasteiger partial charge in [0.25, 0.3) is 0 Å². The fourth-order valence-corrected chi connectivity index (χ4v) is 2.55. The second-order valence-corrected chi connectivity index (χ2v) is 5.10. The van der Waals surface area contributed by atoms with Crippen molar-refractivity contribution in [1.82, 2.24) is 9.97 Å². The Bertz CT molecular complexity index is 484. The van der Waals surface area contributed by atoms with Gasteiger partial charge in [0.2, 0.25) is 0 Å². The number of halogens is 1. The monoisotopic (exact) mass is 283 g/mol. The van der Waals surface area contributed by atoms with Gasteiger partial charge in [-0.05, 0) is 35.8 Å². The Morgan fingerprint density at radius 3 is 2.60 bits per heavy atom. The Morgan fingerprint density at radius 2 is 2.07 bits per heavy atom. The topological polar surface area (TPSA) is 51.8 Å². The molecule has 78 valence electrons. The lowest BCUT2D eigenvalue weighted by Gasteiger charge is -2.04. The van der Waals surface area contributed by atoms with Crippen LogP contribution in [0.25, 0.3) is 10.7 Å². The van der Waals surface area contributed by atoms with Crippen molar-refractivity contribution < 1.29 is 0 Å². The fraction of sp³-hybridized carbons (Fsp3) is 0.200. The van der Waals surface area contributed by atoms with Gasteiger partial charge in [-0.25, -0.2) is 9.97 Å². The molecule has 2 aromatic heterocycles. The van der Waals surface area contributed by atoms with Crippen molar-refractivity contribution >= 4 is 33.1 Å². The molecule has 0 aliphatic rings. The van der Waals surface area contributed by atoms with Crippen molar-refractivity contribution in [1.29, 1.82) is 0 Å². The molecule has 0 aromatic carbocycles. The molecule has 2 rings (SSSR count). The Labute approximate surface area is 101 Å². The van der Waals surface area contributed by atoms with E-state index >= 15 is 0 Å². The highest BCUT2D eigenvalue weighted by molar-refractivity contribution is 9.10. The first-order valence-corrected chi connectivity index (χ1v) is 6.10. The number of aromatic nitrogens is 2.